The molecule has 1 aliphatic heterocycles. The lowest BCUT2D eigenvalue weighted by atomic mass is 10.2. The van der Waals surface area contributed by atoms with E-state index in [1.54, 1.807) is 18.3 Å². The third-order valence-corrected chi connectivity index (χ3v) is 5.11. The predicted octanol–water partition coefficient (Wildman–Crippen LogP) is 4.50. The van der Waals surface area contributed by atoms with Gasteiger partial charge in [0.2, 0.25) is 5.88 Å². The van der Waals surface area contributed by atoms with Gasteiger partial charge in [0.25, 0.3) is 5.91 Å². The smallest absolute Gasteiger partial charge is 0.296 e. The van der Waals surface area contributed by atoms with E-state index in [4.69, 9.17) is 0 Å². The topological polar surface area (TPSA) is 83.1 Å². The monoisotopic (exact) mass is 377 g/mol. The number of benzene rings is 1. The highest BCUT2D eigenvalue weighted by atomic mass is 16.3. The van der Waals surface area contributed by atoms with Crippen LogP contribution in [0.1, 0.15) is 36.0 Å². The Morgan fingerprint density at radius 2 is 1.86 bits per heavy atom. The molecule has 0 saturated carbocycles. The van der Waals surface area contributed by atoms with Crippen LogP contribution in [0.3, 0.4) is 0 Å². The summed E-state index contributed by atoms with van der Waals surface area (Å²) in [7, 11) is 0. The number of pyridine rings is 1. The van der Waals surface area contributed by atoms with Crippen LogP contribution in [-0.4, -0.2) is 38.6 Å². The summed E-state index contributed by atoms with van der Waals surface area (Å²) >= 11 is 0. The zero-order valence-electron chi connectivity index (χ0n) is 15.7. The molecule has 4 rings (SSSR count). The molecule has 0 unspecified atom stereocenters. The minimum atomic E-state index is -0.489. The molecule has 1 fully saturated rings. The van der Waals surface area contributed by atoms with Gasteiger partial charge in [0.1, 0.15) is 0 Å². The maximum Gasteiger partial charge on any atom is 0.296 e. The summed E-state index contributed by atoms with van der Waals surface area (Å²) in [5.74, 6) is -0.454. The molecule has 1 aromatic carbocycles. The molecule has 28 heavy (non-hydrogen) atoms. The summed E-state index contributed by atoms with van der Waals surface area (Å²) in [6.07, 6.45) is 7.90. The van der Waals surface area contributed by atoms with E-state index in [9.17, 15) is 9.90 Å². The van der Waals surface area contributed by atoms with Crippen LogP contribution in [0.5, 0.6) is 5.88 Å². The molecular formula is C21H23N5O2. The van der Waals surface area contributed by atoms with Crippen LogP contribution >= 0.6 is 0 Å². The number of likely N-dealkylation sites (tertiary alicyclic amines) is 1. The normalized spacial score (nSPS) is 15.9. The van der Waals surface area contributed by atoms with Gasteiger partial charge >= 0.3 is 0 Å². The zero-order chi connectivity index (χ0) is 19.3. The van der Waals surface area contributed by atoms with Gasteiger partial charge in [-0.15, -0.1) is 10.2 Å². The van der Waals surface area contributed by atoms with Crippen molar-refractivity contribution >= 4 is 22.5 Å². The lowest BCUT2D eigenvalue weighted by Gasteiger charge is -2.21. The largest absolute Gasteiger partial charge is 0.493 e. The van der Waals surface area contributed by atoms with Crippen molar-refractivity contribution in [2.45, 2.75) is 32.4 Å². The van der Waals surface area contributed by atoms with E-state index in [2.05, 4.69) is 20.1 Å². The number of carbonyl (C=O) groups excluding carboxylic acids is 1. The molecule has 144 valence electrons. The van der Waals surface area contributed by atoms with Crippen molar-refractivity contribution in [3.8, 4) is 5.88 Å². The third kappa shape index (κ3) is 3.80. The predicted molar refractivity (Wildman–Crippen MR) is 107 cm³/mol. The van der Waals surface area contributed by atoms with Gasteiger partial charge in [0.15, 0.2) is 5.69 Å². The van der Waals surface area contributed by atoms with E-state index < -0.39 is 5.91 Å². The van der Waals surface area contributed by atoms with Crippen LogP contribution in [0, 0.1) is 0 Å². The molecule has 0 atom stereocenters. The Morgan fingerprint density at radius 3 is 2.61 bits per heavy atom. The SMILES string of the molecule is O=C(N=Nc1c(O)n(CN2CCCCCC2)c2ccccc12)c1cccnc1. The van der Waals surface area contributed by atoms with Crippen molar-refractivity contribution in [2.24, 2.45) is 10.2 Å². The van der Waals surface area contributed by atoms with Gasteiger partial charge in [-0.05, 0) is 44.1 Å². The molecule has 7 nitrogen and oxygen atoms in total. The summed E-state index contributed by atoms with van der Waals surface area (Å²) in [6.45, 7) is 2.63. The molecular weight excluding hydrogens is 354 g/mol. The van der Waals surface area contributed by atoms with Gasteiger partial charge in [0.05, 0.1) is 17.7 Å². The Morgan fingerprint density at radius 1 is 1.07 bits per heavy atom. The summed E-state index contributed by atoms with van der Waals surface area (Å²) in [5, 5.41) is 19.5. The van der Waals surface area contributed by atoms with E-state index in [1.165, 1.54) is 31.9 Å². The number of para-hydroxylation sites is 1. The lowest BCUT2D eigenvalue weighted by molar-refractivity contribution is 0.0994. The fourth-order valence-corrected chi connectivity index (χ4v) is 3.63. The Bertz CT molecular complexity index is 989. The van der Waals surface area contributed by atoms with Crippen LogP contribution in [0.4, 0.5) is 5.69 Å². The molecule has 2 aromatic heterocycles. The minimum Gasteiger partial charge on any atom is -0.493 e. The number of aromatic hydroxyl groups is 1. The number of carbonyl (C=O) groups is 1. The third-order valence-electron chi connectivity index (χ3n) is 5.11. The number of hydrogen-bond donors (Lipinski definition) is 1. The van der Waals surface area contributed by atoms with Crippen molar-refractivity contribution in [2.75, 3.05) is 13.1 Å². The molecule has 1 amide bonds. The molecule has 3 aromatic rings. The van der Waals surface area contributed by atoms with Gasteiger partial charge in [-0.1, -0.05) is 31.0 Å². The first-order valence-corrected chi connectivity index (χ1v) is 9.62. The van der Waals surface area contributed by atoms with Crippen molar-refractivity contribution < 1.29 is 9.90 Å². The number of nitrogens with zero attached hydrogens (tertiary/aromatic N) is 5. The Kier molecular flexibility index (Phi) is 5.43. The van der Waals surface area contributed by atoms with E-state index in [1.807, 2.05) is 28.8 Å². The van der Waals surface area contributed by atoms with Gasteiger partial charge in [0, 0.05) is 17.8 Å². The highest BCUT2D eigenvalue weighted by Gasteiger charge is 2.19. The fraction of sp³-hybridized carbons (Fsp3) is 0.333. The summed E-state index contributed by atoms with van der Waals surface area (Å²) in [4.78, 5) is 18.5. The second-order valence-electron chi connectivity index (χ2n) is 7.04. The number of rotatable bonds is 4. The minimum absolute atomic E-state index is 0.0354. The maximum atomic E-state index is 12.2. The van der Waals surface area contributed by atoms with Crippen LogP contribution in [-0.2, 0) is 6.67 Å². The summed E-state index contributed by atoms with van der Waals surface area (Å²) in [6, 6.07) is 11.0. The maximum absolute atomic E-state index is 12.2. The van der Waals surface area contributed by atoms with Crippen molar-refractivity contribution in [1.82, 2.24) is 14.5 Å². The first-order valence-electron chi connectivity index (χ1n) is 9.62. The molecule has 1 aliphatic rings. The van der Waals surface area contributed by atoms with E-state index in [-0.39, 0.29) is 5.88 Å². The van der Waals surface area contributed by atoms with Gasteiger partial charge in [-0.2, -0.15) is 0 Å². The van der Waals surface area contributed by atoms with E-state index in [0.717, 1.165) is 24.0 Å². The number of hydrogen-bond acceptors (Lipinski definition) is 5. The quantitative estimate of drug-likeness (QED) is 0.679. The van der Waals surface area contributed by atoms with Gasteiger partial charge in [-0.25, -0.2) is 0 Å². The second kappa shape index (κ2) is 8.31. The summed E-state index contributed by atoms with van der Waals surface area (Å²) < 4.78 is 1.85. The average molecular weight is 377 g/mol. The van der Waals surface area contributed by atoms with Crippen LogP contribution in [0.15, 0.2) is 59.0 Å². The summed E-state index contributed by atoms with van der Waals surface area (Å²) in [5.41, 5.74) is 1.56. The lowest BCUT2D eigenvalue weighted by Crippen LogP contribution is -2.27. The zero-order valence-corrected chi connectivity index (χ0v) is 15.7. The van der Waals surface area contributed by atoms with Crippen LogP contribution in [0.25, 0.3) is 10.9 Å². The molecule has 0 aliphatic carbocycles. The van der Waals surface area contributed by atoms with Gasteiger partial charge < -0.3 is 5.11 Å². The molecule has 7 heteroatoms. The Balaban J connectivity index is 1.66. The number of fused-ring (bicyclic) bond motifs is 1. The average Bonchev–Trinajstić information content (AvgIpc) is 2.89. The number of azo groups is 1. The van der Waals surface area contributed by atoms with Crippen molar-refractivity contribution in [1.29, 1.82) is 0 Å². The van der Waals surface area contributed by atoms with Crippen molar-refractivity contribution in [3.63, 3.8) is 0 Å². The van der Waals surface area contributed by atoms with Crippen LogP contribution in [0.2, 0.25) is 0 Å². The molecule has 1 saturated heterocycles. The second-order valence-corrected chi connectivity index (χ2v) is 7.04. The highest BCUT2D eigenvalue weighted by Crippen LogP contribution is 2.39. The first-order chi connectivity index (χ1) is 13.7. The molecule has 0 radical (unpaired) electrons. The standard InChI is InChI=1S/C21H23N5O2/c27-20(16-8-7-11-22-14-16)24-23-19-17-9-3-4-10-18(17)26(21(19)28)15-25-12-5-1-2-6-13-25/h3-4,7-11,14,28H,1-2,5-6,12-13,15H2. The van der Waals surface area contributed by atoms with E-state index >= 15 is 0 Å². The Hall–Kier alpha value is -3.06. The fourth-order valence-electron chi connectivity index (χ4n) is 3.63. The number of aromatic nitrogens is 2. The molecule has 3 heterocycles. The number of amides is 1. The molecule has 0 bridgehead atoms. The first kappa shape index (κ1) is 18.3. The van der Waals surface area contributed by atoms with E-state index in [0.29, 0.717) is 17.9 Å². The highest BCUT2D eigenvalue weighted by molar-refractivity contribution is 5.97. The van der Waals surface area contributed by atoms with Gasteiger partial charge in [-0.3, -0.25) is 19.2 Å². The Labute approximate surface area is 163 Å². The van der Waals surface area contributed by atoms with Crippen molar-refractivity contribution in [3.05, 3.63) is 54.4 Å². The molecule has 1 N–H and O–H groups in total. The molecule has 0 spiro atoms. The van der Waals surface area contributed by atoms with Crippen LogP contribution < -0.4 is 0 Å².